The highest BCUT2D eigenvalue weighted by atomic mass is 32.2. The third-order valence-electron chi connectivity index (χ3n) is 5.15. The highest BCUT2D eigenvalue weighted by Gasteiger charge is 2.30. The number of pyridine rings is 1. The SMILES string of the molecule is CCC(C)c1ccc(S(=O)(=O)N2CCN(C(=O)c3ccncc3)CC2)cc1. The Kier molecular flexibility index (Phi) is 5.92. The third kappa shape index (κ3) is 4.20. The van der Waals surface area contributed by atoms with E-state index in [1.165, 1.54) is 4.31 Å². The molecule has 3 rings (SSSR count). The van der Waals surface area contributed by atoms with E-state index in [0.717, 1.165) is 12.0 Å². The van der Waals surface area contributed by atoms with E-state index >= 15 is 0 Å². The minimum absolute atomic E-state index is 0.0904. The van der Waals surface area contributed by atoms with E-state index in [1.807, 2.05) is 12.1 Å². The number of carbonyl (C=O) groups excluding carboxylic acids is 1. The van der Waals surface area contributed by atoms with Gasteiger partial charge in [0.2, 0.25) is 10.0 Å². The molecule has 6 nitrogen and oxygen atoms in total. The monoisotopic (exact) mass is 387 g/mol. The van der Waals surface area contributed by atoms with Crippen molar-refractivity contribution in [1.82, 2.24) is 14.2 Å². The summed E-state index contributed by atoms with van der Waals surface area (Å²) in [5, 5.41) is 0. The Hall–Kier alpha value is -2.25. The molecule has 1 fully saturated rings. The summed E-state index contributed by atoms with van der Waals surface area (Å²) >= 11 is 0. The second-order valence-corrected chi connectivity index (χ2v) is 8.75. The molecule has 144 valence electrons. The fourth-order valence-corrected chi connectivity index (χ4v) is 4.58. The average molecular weight is 388 g/mol. The molecule has 0 N–H and O–H groups in total. The second kappa shape index (κ2) is 8.19. The van der Waals surface area contributed by atoms with Crippen molar-refractivity contribution in [2.75, 3.05) is 26.2 Å². The van der Waals surface area contributed by atoms with E-state index in [-0.39, 0.29) is 5.91 Å². The van der Waals surface area contributed by atoms with Gasteiger partial charge in [-0.1, -0.05) is 26.0 Å². The average Bonchev–Trinajstić information content (AvgIpc) is 2.73. The molecule has 0 saturated carbocycles. The summed E-state index contributed by atoms with van der Waals surface area (Å²) in [4.78, 5) is 18.4. The van der Waals surface area contributed by atoms with Gasteiger partial charge in [0.25, 0.3) is 5.91 Å². The number of sulfonamides is 1. The fourth-order valence-electron chi connectivity index (χ4n) is 3.16. The Bertz CT molecular complexity index is 874. The molecule has 0 aliphatic carbocycles. The zero-order valence-corrected chi connectivity index (χ0v) is 16.5. The van der Waals surface area contributed by atoms with Crippen LogP contribution in [0.3, 0.4) is 0 Å². The van der Waals surface area contributed by atoms with Crippen molar-refractivity contribution in [1.29, 1.82) is 0 Å². The summed E-state index contributed by atoms with van der Waals surface area (Å²) in [7, 11) is -3.54. The van der Waals surface area contributed by atoms with E-state index in [2.05, 4.69) is 18.8 Å². The van der Waals surface area contributed by atoms with E-state index in [4.69, 9.17) is 0 Å². The van der Waals surface area contributed by atoms with Crippen molar-refractivity contribution in [3.63, 3.8) is 0 Å². The standard InChI is InChI=1S/C20H25N3O3S/c1-3-16(2)17-4-6-19(7-5-17)27(25,26)23-14-12-22(13-15-23)20(24)18-8-10-21-11-9-18/h4-11,16H,3,12-15H2,1-2H3. The fraction of sp³-hybridized carbons (Fsp3) is 0.400. The van der Waals surface area contributed by atoms with Crippen LogP contribution in [-0.4, -0.2) is 54.7 Å². The molecule has 7 heteroatoms. The van der Waals surface area contributed by atoms with Crippen LogP contribution in [0.4, 0.5) is 0 Å². The summed E-state index contributed by atoms with van der Waals surface area (Å²) in [6, 6.07) is 10.5. The van der Waals surface area contributed by atoms with Gasteiger partial charge < -0.3 is 4.90 Å². The molecule has 1 unspecified atom stereocenters. The highest BCUT2D eigenvalue weighted by molar-refractivity contribution is 7.89. The first kappa shape index (κ1) is 19.5. The van der Waals surface area contributed by atoms with Gasteiger partial charge in [0, 0.05) is 44.1 Å². The van der Waals surface area contributed by atoms with Crippen LogP contribution in [0, 0.1) is 0 Å². The molecule has 2 heterocycles. The number of amides is 1. The van der Waals surface area contributed by atoms with Crippen LogP contribution < -0.4 is 0 Å². The maximum Gasteiger partial charge on any atom is 0.254 e. The Morgan fingerprint density at radius 3 is 2.19 bits per heavy atom. The van der Waals surface area contributed by atoms with Gasteiger partial charge in [-0.05, 0) is 42.2 Å². The number of carbonyl (C=O) groups is 1. The topological polar surface area (TPSA) is 70.6 Å². The lowest BCUT2D eigenvalue weighted by atomic mass is 9.99. The zero-order chi connectivity index (χ0) is 19.4. The molecular formula is C20H25N3O3S. The quantitative estimate of drug-likeness (QED) is 0.791. The third-order valence-corrected chi connectivity index (χ3v) is 7.07. The molecule has 1 amide bonds. The van der Waals surface area contributed by atoms with Gasteiger partial charge >= 0.3 is 0 Å². The van der Waals surface area contributed by atoms with Gasteiger partial charge in [-0.25, -0.2) is 8.42 Å². The molecule has 0 spiro atoms. The maximum absolute atomic E-state index is 12.9. The Morgan fingerprint density at radius 1 is 1.04 bits per heavy atom. The van der Waals surface area contributed by atoms with Crippen LogP contribution in [0.2, 0.25) is 0 Å². The predicted octanol–water partition coefficient (Wildman–Crippen LogP) is 2.74. The molecule has 0 radical (unpaired) electrons. The lowest BCUT2D eigenvalue weighted by Crippen LogP contribution is -2.50. The van der Waals surface area contributed by atoms with Gasteiger partial charge in [0.15, 0.2) is 0 Å². The molecule has 1 saturated heterocycles. The van der Waals surface area contributed by atoms with Crippen molar-refractivity contribution in [2.45, 2.75) is 31.1 Å². The Balaban J connectivity index is 1.67. The molecule has 27 heavy (non-hydrogen) atoms. The molecule has 1 atom stereocenters. The lowest BCUT2D eigenvalue weighted by molar-refractivity contribution is 0.0698. The predicted molar refractivity (Wildman–Crippen MR) is 104 cm³/mol. The van der Waals surface area contributed by atoms with Gasteiger partial charge in [-0.15, -0.1) is 0 Å². The molecule has 1 aliphatic heterocycles. The molecule has 2 aromatic rings. The summed E-state index contributed by atoms with van der Waals surface area (Å²) in [5.41, 5.74) is 1.71. The minimum atomic E-state index is -3.54. The minimum Gasteiger partial charge on any atom is -0.336 e. The number of aromatic nitrogens is 1. The van der Waals surface area contributed by atoms with Crippen molar-refractivity contribution in [3.05, 3.63) is 59.9 Å². The molecule has 1 aliphatic rings. The first-order valence-electron chi connectivity index (χ1n) is 9.23. The van der Waals surface area contributed by atoms with Gasteiger partial charge in [-0.3, -0.25) is 9.78 Å². The van der Waals surface area contributed by atoms with Crippen molar-refractivity contribution in [3.8, 4) is 0 Å². The normalized spacial score (nSPS) is 16.9. The first-order valence-corrected chi connectivity index (χ1v) is 10.7. The maximum atomic E-state index is 12.9. The number of hydrogen-bond donors (Lipinski definition) is 0. The van der Waals surface area contributed by atoms with E-state index < -0.39 is 10.0 Å². The van der Waals surface area contributed by atoms with Gasteiger partial charge in [-0.2, -0.15) is 4.31 Å². The number of hydrogen-bond acceptors (Lipinski definition) is 4. The van der Waals surface area contributed by atoms with Gasteiger partial charge in [0.05, 0.1) is 4.90 Å². The Labute approximate surface area is 160 Å². The molecule has 1 aromatic carbocycles. The van der Waals surface area contributed by atoms with Crippen LogP contribution in [0.1, 0.15) is 42.1 Å². The largest absolute Gasteiger partial charge is 0.336 e. The number of rotatable bonds is 5. The van der Waals surface area contributed by atoms with Crippen LogP contribution in [0.5, 0.6) is 0 Å². The Morgan fingerprint density at radius 2 is 1.63 bits per heavy atom. The summed E-state index contributed by atoms with van der Waals surface area (Å²) in [6.07, 6.45) is 4.17. The van der Waals surface area contributed by atoms with Crippen molar-refractivity contribution >= 4 is 15.9 Å². The molecule has 1 aromatic heterocycles. The van der Waals surface area contributed by atoms with E-state index in [9.17, 15) is 13.2 Å². The van der Waals surface area contributed by atoms with Gasteiger partial charge in [0.1, 0.15) is 0 Å². The smallest absolute Gasteiger partial charge is 0.254 e. The van der Waals surface area contributed by atoms with Crippen LogP contribution >= 0.6 is 0 Å². The lowest BCUT2D eigenvalue weighted by Gasteiger charge is -2.34. The van der Waals surface area contributed by atoms with Crippen molar-refractivity contribution in [2.24, 2.45) is 0 Å². The van der Waals surface area contributed by atoms with Crippen LogP contribution in [0.25, 0.3) is 0 Å². The zero-order valence-electron chi connectivity index (χ0n) is 15.7. The number of benzene rings is 1. The number of nitrogens with zero attached hydrogens (tertiary/aromatic N) is 3. The molecular weight excluding hydrogens is 362 g/mol. The van der Waals surface area contributed by atoms with Crippen molar-refractivity contribution < 1.29 is 13.2 Å². The van der Waals surface area contributed by atoms with Crippen LogP contribution in [-0.2, 0) is 10.0 Å². The highest BCUT2D eigenvalue weighted by Crippen LogP contribution is 2.23. The summed E-state index contributed by atoms with van der Waals surface area (Å²) < 4.78 is 27.3. The van der Waals surface area contributed by atoms with Crippen LogP contribution in [0.15, 0.2) is 53.7 Å². The summed E-state index contributed by atoms with van der Waals surface area (Å²) in [5.74, 6) is 0.317. The van der Waals surface area contributed by atoms with E-state index in [0.29, 0.717) is 42.6 Å². The molecule has 0 bridgehead atoms. The number of piperazine rings is 1. The van der Waals surface area contributed by atoms with E-state index in [1.54, 1.807) is 41.6 Å². The summed E-state index contributed by atoms with van der Waals surface area (Å²) in [6.45, 7) is 5.60. The first-order chi connectivity index (χ1) is 12.9. The second-order valence-electron chi connectivity index (χ2n) is 6.81.